The van der Waals surface area contributed by atoms with E-state index in [0.717, 1.165) is 12.3 Å². The number of aliphatic hydroxyl groups excluding tert-OH is 2. The summed E-state index contributed by atoms with van der Waals surface area (Å²) < 4.78 is 37.7. The van der Waals surface area contributed by atoms with Crippen LogP contribution in [0.1, 0.15) is 25.8 Å². The molecule has 0 amide bonds. The second-order valence-electron chi connectivity index (χ2n) is 5.74. The summed E-state index contributed by atoms with van der Waals surface area (Å²) in [6.45, 7) is 4.08. The zero-order chi connectivity index (χ0) is 15.8. The lowest BCUT2D eigenvalue weighted by molar-refractivity contribution is -0.137. The zero-order valence-corrected chi connectivity index (χ0v) is 11.9. The fraction of sp³-hybridized carbons (Fsp3) is 0.643. The van der Waals surface area contributed by atoms with Gasteiger partial charge in [0.1, 0.15) is 5.82 Å². The summed E-state index contributed by atoms with van der Waals surface area (Å²) in [4.78, 5) is 5.64. The van der Waals surface area contributed by atoms with Crippen LogP contribution >= 0.6 is 0 Å². The largest absolute Gasteiger partial charge is 0.417 e. The first kappa shape index (κ1) is 16.0. The molecule has 21 heavy (non-hydrogen) atoms. The molecule has 0 radical (unpaired) electrons. The van der Waals surface area contributed by atoms with Gasteiger partial charge < -0.3 is 15.1 Å². The van der Waals surface area contributed by atoms with E-state index >= 15 is 0 Å². The molecule has 2 heterocycles. The van der Waals surface area contributed by atoms with Gasteiger partial charge in [-0.2, -0.15) is 13.2 Å². The number of β-amino-alcohol motifs (C(OH)–C–C–N with tert-alkyl or cyclic N) is 1. The van der Waals surface area contributed by atoms with Gasteiger partial charge in [0.2, 0.25) is 0 Å². The minimum absolute atomic E-state index is 0.0763. The van der Waals surface area contributed by atoms with Crippen LogP contribution < -0.4 is 4.90 Å². The Kier molecular flexibility index (Phi) is 4.43. The molecular weight excluding hydrogens is 285 g/mol. The number of alkyl halides is 3. The topological polar surface area (TPSA) is 56.6 Å². The second kappa shape index (κ2) is 5.81. The molecule has 2 N–H and O–H groups in total. The quantitative estimate of drug-likeness (QED) is 0.878. The van der Waals surface area contributed by atoms with Gasteiger partial charge in [0, 0.05) is 18.8 Å². The van der Waals surface area contributed by atoms with E-state index in [1.807, 2.05) is 13.8 Å². The third kappa shape index (κ3) is 3.47. The summed E-state index contributed by atoms with van der Waals surface area (Å²) in [5.74, 6) is 0.559. The molecule has 2 rings (SSSR count). The van der Waals surface area contributed by atoms with E-state index in [4.69, 9.17) is 0 Å². The SMILES string of the molecule is CC(C)C1CC(O)C(O)CN1c1ccc(C(F)(F)F)cn1. The number of rotatable bonds is 2. The average molecular weight is 304 g/mol. The zero-order valence-electron chi connectivity index (χ0n) is 11.9. The van der Waals surface area contributed by atoms with Crippen molar-refractivity contribution in [2.75, 3.05) is 11.4 Å². The Balaban J connectivity index is 2.25. The van der Waals surface area contributed by atoms with Crippen LogP contribution in [-0.2, 0) is 6.18 Å². The molecule has 4 nitrogen and oxygen atoms in total. The number of nitrogens with zero attached hydrogens (tertiary/aromatic N) is 2. The highest BCUT2D eigenvalue weighted by Gasteiger charge is 2.36. The van der Waals surface area contributed by atoms with Gasteiger partial charge in [-0.1, -0.05) is 13.8 Å². The molecule has 3 unspecified atom stereocenters. The molecule has 1 aliphatic rings. The Morgan fingerprint density at radius 3 is 2.38 bits per heavy atom. The van der Waals surface area contributed by atoms with E-state index in [0.29, 0.717) is 12.2 Å². The van der Waals surface area contributed by atoms with Crippen LogP contribution in [0.5, 0.6) is 0 Å². The summed E-state index contributed by atoms with van der Waals surface area (Å²) in [6.07, 6.45) is -5.00. The summed E-state index contributed by atoms with van der Waals surface area (Å²) in [7, 11) is 0. The van der Waals surface area contributed by atoms with Crippen molar-refractivity contribution in [1.29, 1.82) is 0 Å². The number of piperidine rings is 1. The maximum Gasteiger partial charge on any atom is 0.417 e. The first-order chi connectivity index (χ1) is 9.70. The maximum absolute atomic E-state index is 12.6. The molecule has 1 fully saturated rings. The van der Waals surface area contributed by atoms with Crippen molar-refractivity contribution in [2.45, 2.75) is 44.7 Å². The Morgan fingerprint density at radius 2 is 1.90 bits per heavy atom. The number of aliphatic hydroxyl groups is 2. The third-order valence-corrected chi connectivity index (χ3v) is 3.85. The number of hydrogen-bond acceptors (Lipinski definition) is 4. The van der Waals surface area contributed by atoms with Gasteiger partial charge in [-0.05, 0) is 24.5 Å². The molecule has 0 aliphatic carbocycles. The molecule has 3 atom stereocenters. The van der Waals surface area contributed by atoms with Crippen molar-refractivity contribution < 1.29 is 23.4 Å². The number of anilines is 1. The van der Waals surface area contributed by atoms with Crippen LogP contribution in [0, 0.1) is 5.92 Å². The summed E-state index contributed by atoms with van der Waals surface area (Å²) >= 11 is 0. The van der Waals surface area contributed by atoms with Crippen molar-refractivity contribution in [3.05, 3.63) is 23.9 Å². The van der Waals surface area contributed by atoms with Crippen LogP contribution in [0.3, 0.4) is 0 Å². The van der Waals surface area contributed by atoms with Crippen molar-refractivity contribution >= 4 is 5.82 Å². The molecule has 0 aromatic carbocycles. The predicted molar refractivity (Wildman–Crippen MR) is 71.8 cm³/mol. The van der Waals surface area contributed by atoms with Crippen LogP contribution in [0.25, 0.3) is 0 Å². The second-order valence-corrected chi connectivity index (χ2v) is 5.74. The van der Waals surface area contributed by atoms with Gasteiger partial charge in [-0.25, -0.2) is 4.98 Å². The third-order valence-electron chi connectivity index (χ3n) is 3.85. The lowest BCUT2D eigenvalue weighted by Gasteiger charge is -2.43. The lowest BCUT2D eigenvalue weighted by atomic mass is 9.89. The fourth-order valence-corrected chi connectivity index (χ4v) is 2.61. The van der Waals surface area contributed by atoms with Crippen molar-refractivity contribution in [1.82, 2.24) is 4.98 Å². The normalized spacial score (nSPS) is 27.2. The summed E-state index contributed by atoms with van der Waals surface area (Å²) in [6, 6.07) is 2.22. The van der Waals surface area contributed by atoms with Gasteiger partial charge in [0.05, 0.1) is 17.8 Å². The lowest BCUT2D eigenvalue weighted by Crippen LogP contribution is -2.54. The standard InChI is InChI=1S/C14H19F3N2O2/c1-8(2)10-5-11(20)12(21)7-19(10)13-4-3-9(6-18-13)14(15,16)17/h3-4,6,8,10-12,20-21H,5,7H2,1-2H3. The Labute approximate surface area is 121 Å². The molecule has 0 bridgehead atoms. The first-order valence-electron chi connectivity index (χ1n) is 6.86. The highest BCUT2D eigenvalue weighted by atomic mass is 19.4. The molecule has 1 aliphatic heterocycles. The highest BCUT2D eigenvalue weighted by Crippen LogP contribution is 2.32. The van der Waals surface area contributed by atoms with Crippen LogP contribution in [0.15, 0.2) is 18.3 Å². The van der Waals surface area contributed by atoms with E-state index in [9.17, 15) is 23.4 Å². The minimum Gasteiger partial charge on any atom is -0.390 e. The predicted octanol–water partition coefficient (Wildman–Crippen LogP) is 2.06. The number of halogens is 3. The van der Waals surface area contributed by atoms with E-state index in [1.165, 1.54) is 6.07 Å². The molecule has 118 valence electrons. The molecule has 0 spiro atoms. The average Bonchev–Trinajstić information content (AvgIpc) is 2.40. The molecule has 0 saturated carbocycles. The molecule has 1 saturated heterocycles. The maximum atomic E-state index is 12.6. The smallest absolute Gasteiger partial charge is 0.390 e. The fourth-order valence-electron chi connectivity index (χ4n) is 2.61. The number of aromatic nitrogens is 1. The summed E-state index contributed by atoms with van der Waals surface area (Å²) in [5, 5.41) is 19.6. The molecule has 1 aromatic rings. The van der Waals surface area contributed by atoms with Crippen molar-refractivity contribution in [2.24, 2.45) is 5.92 Å². The van der Waals surface area contributed by atoms with Gasteiger partial charge in [0.25, 0.3) is 0 Å². The van der Waals surface area contributed by atoms with Gasteiger partial charge >= 0.3 is 6.18 Å². The Bertz CT molecular complexity index is 476. The monoisotopic (exact) mass is 304 g/mol. The van der Waals surface area contributed by atoms with Crippen molar-refractivity contribution in [3.8, 4) is 0 Å². The molecular formula is C14H19F3N2O2. The molecule has 1 aromatic heterocycles. The van der Waals surface area contributed by atoms with Gasteiger partial charge in [-0.15, -0.1) is 0 Å². The van der Waals surface area contributed by atoms with Crippen LogP contribution in [0.4, 0.5) is 19.0 Å². The Morgan fingerprint density at radius 1 is 1.24 bits per heavy atom. The van der Waals surface area contributed by atoms with E-state index in [2.05, 4.69) is 4.98 Å². The van der Waals surface area contributed by atoms with Crippen molar-refractivity contribution in [3.63, 3.8) is 0 Å². The van der Waals surface area contributed by atoms with Crippen LogP contribution in [-0.4, -0.2) is 40.0 Å². The minimum atomic E-state index is -4.42. The van der Waals surface area contributed by atoms with E-state index < -0.39 is 23.9 Å². The van der Waals surface area contributed by atoms with E-state index in [1.54, 1.807) is 4.90 Å². The molecule has 7 heteroatoms. The van der Waals surface area contributed by atoms with Gasteiger partial charge in [0.15, 0.2) is 0 Å². The Hall–Kier alpha value is -1.34. The van der Waals surface area contributed by atoms with Gasteiger partial charge in [-0.3, -0.25) is 0 Å². The number of hydrogen-bond donors (Lipinski definition) is 2. The van der Waals surface area contributed by atoms with Crippen LogP contribution in [0.2, 0.25) is 0 Å². The number of pyridine rings is 1. The first-order valence-corrected chi connectivity index (χ1v) is 6.86. The highest BCUT2D eigenvalue weighted by molar-refractivity contribution is 5.42. The van der Waals surface area contributed by atoms with E-state index in [-0.39, 0.29) is 18.5 Å². The summed E-state index contributed by atoms with van der Waals surface area (Å²) in [5.41, 5.74) is -0.801.